The molecule has 1 rings (SSSR count). The Bertz CT molecular complexity index is 404. The van der Waals surface area contributed by atoms with Gasteiger partial charge < -0.3 is 5.32 Å². The summed E-state index contributed by atoms with van der Waals surface area (Å²) >= 11 is 1.54. The number of rotatable bonds is 7. The van der Waals surface area contributed by atoms with E-state index in [9.17, 15) is 14.4 Å². The predicted octanol–water partition coefficient (Wildman–Crippen LogP) is 1.81. The number of carbonyl (C=O) groups excluding carboxylic acids is 3. The van der Waals surface area contributed by atoms with Gasteiger partial charge in [0.2, 0.25) is 17.7 Å². The lowest BCUT2D eigenvalue weighted by Crippen LogP contribution is -2.35. The zero-order valence-electron chi connectivity index (χ0n) is 13.4. The third kappa shape index (κ3) is 6.08. The smallest absolute Gasteiger partial charge is 0.242 e. The zero-order chi connectivity index (χ0) is 16.0. The van der Waals surface area contributed by atoms with E-state index in [4.69, 9.17) is 0 Å². The van der Waals surface area contributed by atoms with E-state index >= 15 is 0 Å². The molecule has 1 unspecified atom stereocenters. The Labute approximate surface area is 131 Å². The van der Waals surface area contributed by atoms with Crippen molar-refractivity contribution in [2.75, 3.05) is 18.8 Å². The van der Waals surface area contributed by atoms with E-state index in [0.717, 1.165) is 12.2 Å². The molecule has 0 aromatic heterocycles. The topological polar surface area (TPSA) is 66.5 Å². The molecule has 1 heterocycles. The maximum atomic E-state index is 12.2. The molecular formula is C15H26N2O3S. The second kappa shape index (κ2) is 7.82. The van der Waals surface area contributed by atoms with Crippen LogP contribution in [0.1, 0.15) is 47.0 Å². The Balaban J connectivity index is 2.44. The lowest BCUT2D eigenvalue weighted by molar-refractivity contribution is -0.138. The van der Waals surface area contributed by atoms with Crippen molar-refractivity contribution in [1.82, 2.24) is 10.2 Å². The number of likely N-dealkylation sites (tertiary alicyclic amines) is 1. The average Bonchev–Trinajstić information content (AvgIpc) is 2.66. The normalized spacial score (nSPS) is 19.2. The van der Waals surface area contributed by atoms with E-state index in [0.29, 0.717) is 6.54 Å². The third-order valence-corrected chi connectivity index (χ3v) is 4.86. The van der Waals surface area contributed by atoms with Gasteiger partial charge in [-0.05, 0) is 17.6 Å². The molecule has 1 fully saturated rings. The predicted molar refractivity (Wildman–Crippen MR) is 85.0 cm³/mol. The monoisotopic (exact) mass is 314 g/mol. The molecule has 1 N–H and O–H groups in total. The first-order chi connectivity index (χ1) is 9.74. The number of amides is 3. The zero-order valence-corrected chi connectivity index (χ0v) is 14.2. The fourth-order valence-corrected chi connectivity index (χ4v) is 3.17. The lowest BCUT2D eigenvalue weighted by Gasteiger charge is -2.19. The maximum Gasteiger partial charge on any atom is 0.242 e. The average molecular weight is 314 g/mol. The summed E-state index contributed by atoms with van der Waals surface area (Å²) in [5, 5.41) is 2.47. The van der Waals surface area contributed by atoms with Crippen LogP contribution >= 0.6 is 11.8 Å². The molecule has 0 aromatic rings. The second-order valence-corrected chi connectivity index (χ2v) is 7.74. The van der Waals surface area contributed by atoms with Crippen molar-refractivity contribution in [3.8, 4) is 0 Å². The summed E-state index contributed by atoms with van der Waals surface area (Å²) < 4.78 is 0. The highest BCUT2D eigenvalue weighted by Crippen LogP contribution is 2.30. The molecule has 1 atom stereocenters. The Morgan fingerprint density at radius 3 is 2.62 bits per heavy atom. The second-order valence-electron chi connectivity index (χ2n) is 6.55. The summed E-state index contributed by atoms with van der Waals surface area (Å²) in [6.07, 6.45) is 1.32. The van der Waals surface area contributed by atoms with Crippen LogP contribution in [0, 0.1) is 5.41 Å². The standard InChI is InChI=1S/C15H26N2O3S/c1-5-7-16-12(18)6-8-17-13(19)9-11(14(17)20)21-10-15(2,3)4/h11H,5-10H2,1-4H3,(H,16,18). The van der Waals surface area contributed by atoms with E-state index in [2.05, 4.69) is 26.1 Å². The van der Waals surface area contributed by atoms with Gasteiger partial charge in [-0.3, -0.25) is 19.3 Å². The van der Waals surface area contributed by atoms with Gasteiger partial charge in [-0.25, -0.2) is 0 Å². The molecular weight excluding hydrogens is 288 g/mol. The highest BCUT2D eigenvalue weighted by molar-refractivity contribution is 8.00. The van der Waals surface area contributed by atoms with E-state index < -0.39 is 0 Å². The molecule has 1 saturated heterocycles. The van der Waals surface area contributed by atoms with Crippen LogP contribution < -0.4 is 5.32 Å². The van der Waals surface area contributed by atoms with Gasteiger partial charge in [-0.1, -0.05) is 27.7 Å². The van der Waals surface area contributed by atoms with Gasteiger partial charge in [0.1, 0.15) is 0 Å². The van der Waals surface area contributed by atoms with Gasteiger partial charge in [0.05, 0.1) is 5.25 Å². The van der Waals surface area contributed by atoms with Crippen molar-refractivity contribution in [1.29, 1.82) is 0 Å². The van der Waals surface area contributed by atoms with Gasteiger partial charge in [0.15, 0.2) is 0 Å². The largest absolute Gasteiger partial charge is 0.356 e. The molecule has 3 amide bonds. The van der Waals surface area contributed by atoms with Gasteiger partial charge in [0, 0.05) is 25.9 Å². The number of nitrogens with zero attached hydrogens (tertiary/aromatic N) is 1. The molecule has 21 heavy (non-hydrogen) atoms. The van der Waals surface area contributed by atoms with Crippen molar-refractivity contribution in [3.63, 3.8) is 0 Å². The van der Waals surface area contributed by atoms with E-state index in [1.54, 1.807) is 11.8 Å². The summed E-state index contributed by atoms with van der Waals surface area (Å²) in [5.41, 5.74) is 0.126. The molecule has 0 radical (unpaired) electrons. The van der Waals surface area contributed by atoms with E-state index in [1.165, 1.54) is 4.90 Å². The highest BCUT2D eigenvalue weighted by atomic mass is 32.2. The van der Waals surface area contributed by atoms with Crippen LogP contribution in [-0.2, 0) is 14.4 Å². The quantitative estimate of drug-likeness (QED) is 0.728. The van der Waals surface area contributed by atoms with Crippen molar-refractivity contribution in [2.45, 2.75) is 52.2 Å². The molecule has 0 saturated carbocycles. The van der Waals surface area contributed by atoms with Gasteiger partial charge in [0.25, 0.3) is 0 Å². The first-order valence-electron chi connectivity index (χ1n) is 7.47. The van der Waals surface area contributed by atoms with Crippen molar-refractivity contribution < 1.29 is 14.4 Å². The Hall–Kier alpha value is -1.04. The van der Waals surface area contributed by atoms with Crippen LogP contribution in [0.15, 0.2) is 0 Å². The van der Waals surface area contributed by atoms with Crippen molar-refractivity contribution >= 4 is 29.5 Å². The fraction of sp³-hybridized carbons (Fsp3) is 0.800. The molecule has 0 aliphatic carbocycles. The van der Waals surface area contributed by atoms with Crippen molar-refractivity contribution in [3.05, 3.63) is 0 Å². The molecule has 5 nitrogen and oxygen atoms in total. The molecule has 6 heteroatoms. The van der Waals surface area contributed by atoms with Crippen LogP contribution in [0.4, 0.5) is 0 Å². The molecule has 1 aliphatic rings. The Morgan fingerprint density at radius 2 is 2.05 bits per heavy atom. The first-order valence-corrected chi connectivity index (χ1v) is 8.52. The number of imide groups is 1. The minimum atomic E-state index is -0.282. The summed E-state index contributed by atoms with van der Waals surface area (Å²) in [5.74, 6) is 0.428. The van der Waals surface area contributed by atoms with Crippen LogP contribution in [0.3, 0.4) is 0 Å². The molecule has 0 aromatic carbocycles. The van der Waals surface area contributed by atoms with Crippen LogP contribution in [0.25, 0.3) is 0 Å². The first kappa shape index (κ1) is 18.0. The molecule has 120 valence electrons. The number of hydrogen-bond acceptors (Lipinski definition) is 4. The Morgan fingerprint density at radius 1 is 1.38 bits per heavy atom. The minimum Gasteiger partial charge on any atom is -0.356 e. The number of nitrogens with one attached hydrogen (secondary N) is 1. The third-order valence-electron chi connectivity index (χ3n) is 3.05. The minimum absolute atomic E-state index is 0.108. The molecule has 1 aliphatic heterocycles. The van der Waals surface area contributed by atoms with Gasteiger partial charge >= 0.3 is 0 Å². The summed E-state index contributed by atoms with van der Waals surface area (Å²) in [4.78, 5) is 36.9. The fourth-order valence-electron chi connectivity index (χ4n) is 1.93. The highest BCUT2D eigenvalue weighted by Gasteiger charge is 2.39. The van der Waals surface area contributed by atoms with Gasteiger partial charge in [-0.15, -0.1) is 11.8 Å². The van der Waals surface area contributed by atoms with Crippen LogP contribution in [-0.4, -0.2) is 46.7 Å². The van der Waals surface area contributed by atoms with E-state index in [1.807, 2.05) is 6.92 Å². The molecule has 0 bridgehead atoms. The summed E-state index contributed by atoms with van der Waals surface area (Å²) in [6.45, 7) is 9.13. The Kier molecular flexibility index (Phi) is 6.71. The van der Waals surface area contributed by atoms with E-state index in [-0.39, 0.29) is 47.8 Å². The van der Waals surface area contributed by atoms with Crippen molar-refractivity contribution in [2.24, 2.45) is 5.41 Å². The van der Waals surface area contributed by atoms with Crippen LogP contribution in [0.5, 0.6) is 0 Å². The van der Waals surface area contributed by atoms with Gasteiger partial charge in [-0.2, -0.15) is 0 Å². The van der Waals surface area contributed by atoms with Crippen LogP contribution in [0.2, 0.25) is 0 Å². The number of hydrogen-bond donors (Lipinski definition) is 1. The summed E-state index contributed by atoms with van der Waals surface area (Å²) in [6, 6.07) is 0. The SMILES string of the molecule is CCCNC(=O)CCN1C(=O)CC(SCC(C)(C)C)C1=O. The number of thioether (sulfide) groups is 1. The molecule has 0 spiro atoms. The summed E-state index contributed by atoms with van der Waals surface area (Å²) in [7, 11) is 0. The maximum absolute atomic E-state index is 12.2. The number of carbonyl (C=O) groups is 3. The lowest BCUT2D eigenvalue weighted by atomic mass is 10.0.